The molecule has 4 rings (SSSR count). The third kappa shape index (κ3) is 2.37. The number of piperidine rings is 1. The lowest BCUT2D eigenvalue weighted by atomic mass is 9.87. The van der Waals surface area contributed by atoms with Gasteiger partial charge in [0, 0.05) is 25.0 Å². The molecule has 0 aromatic rings. The number of rotatable bonds is 2. The summed E-state index contributed by atoms with van der Waals surface area (Å²) in [6.45, 7) is 5.27. The number of ether oxygens (including phenoxy) is 1. The average molecular weight is 278 g/mol. The van der Waals surface area contributed by atoms with Gasteiger partial charge in [-0.15, -0.1) is 0 Å². The summed E-state index contributed by atoms with van der Waals surface area (Å²) in [5.41, 5.74) is 0.0909. The van der Waals surface area contributed by atoms with Crippen molar-refractivity contribution < 1.29 is 9.53 Å². The number of carbonyl (C=O) groups excluding carboxylic acids is 1. The highest BCUT2D eigenvalue weighted by Crippen LogP contribution is 2.40. The number of carbonyl (C=O) groups is 1. The van der Waals surface area contributed by atoms with Crippen molar-refractivity contribution in [1.29, 1.82) is 0 Å². The first-order valence-corrected chi connectivity index (χ1v) is 8.43. The van der Waals surface area contributed by atoms with Gasteiger partial charge in [0.1, 0.15) is 0 Å². The van der Waals surface area contributed by atoms with Gasteiger partial charge in [0.15, 0.2) is 0 Å². The molecule has 1 amide bonds. The van der Waals surface area contributed by atoms with Gasteiger partial charge in [-0.3, -0.25) is 9.69 Å². The molecule has 0 aromatic heterocycles. The summed E-state index contributed by atoms with van der Waals surface area (Å²) in [7, 11) is 0. The van der Waals surface area contributed by atoms with Crippen molar-refractivity contribution in [2.24, 2.45) is 5.92 Å². The molecular weight excluding hydrogens is 252 g/mol. The number of amides is 1. The highest BCUT2D eigenvalue weighted by atomic mass is 16.5. The zero-order valence-electron chi connectivity index (χ0n) is 12.4. The predicted octanol–water partition coefficient (Wildman–Crippen LogP) is 1.64. The van der Waals surface area contributed by atoms with Crippen LogP contribution >= 0.6 is 0 Å². The van der Waals surface area contributed by atoms with Crippen LogP contribution in [0.1, 0.15) is 44.9 Å². The summed E-state index contributed by atoms with van der Waals surface area (Å²) >= 11 is 0. The molecule has 3 saturated heterocycles. The molecule has 4 aliphatic rings. The molecule has 1 atom stereocenters. The van der Waals surface area contributed by atoms with Crippen molar-refractivity contribution in [2.75, 3.05) is 32.8 Å². The van der Waals surface area contributed by atoms with E-state index in [-0.39, 0.29) is 5.60 Å². The van der Waals surface area contributed by atoms with Gasteiger partial charge in [0.05, 0.1) is 12.2 Å². The van der Waals surface area contributed by atoms with Gasteiger partial charge in [-0.2, -0.15) is 0 Å². The largest absolute Gasteiger partial charge is 0.373 e. The van der Waals surface area contributed by atoms with E-state index in [1.807, 2.05) is 0 Å². The lowest BCUT2D eigenvalue weighted by Crippen LogP contribution is -2.47. The van der Waals surface area contributed by atoms with Gasteiger partial charge in [0.25, 0.3) is 0 Å². The Morgan fingerprint density at radius 2 is 1.75 bits per heavy atom. The Morgan fingerprint density at radius 1 is 1.05 bits per heavy atom. The van der Waals surface area contributed by atoms with Crippen molar-refractivity contribution in [2.45, 2.75) is 56.6 Å². The van der Waals surface area contributed by atoms with Gasteiger partial charge < -0.3 is 9.64 Å². The molecule has 0 N–H and O–H groups in total. The van der Waals surface area contributed by atoms with Crippen LogP contribution in [0.3, 0.4) is 0 Å². The van der Waals surface area contributed by atoms with Crippen LogP contribution < -0.4 is 0 Å². The standard InChI is InChI=1S/C16H26N2O2/c19-15(13-3-4-13)18-9-5-16(6-10-18)11-14(12-20-16)17-7-1-2-8-17/h13-14H,1-12H2. The first-order chi connectivity index (χ1) is 9.76. The predicted molar refractivity (Wildman–Crippen MR) is 76.4 cm³/mol. The van der Waals surface area contributed by atoms with Crippen molar-refractivity contribution in [3.8, 4) is 0 Å². The van der Waals surface area contributed by atoms with E-state index in [1.54, 1.807) is 0 Å². The monoisotopic (exact) mass is 278 g/mol. The molecule has 20 heavy (non-hydrogen) atoms. The van der Waals surface area contributed by atoms with Crippen LogP contribution in [0, 0.1) is 5.92 Å². The molecule has 0 radical (unpaired) electrons. The van der Waals surface area contributed by atoms with E-state index in [2.05, 4.69) is 9.80 Å². The van der Waals surface area contributed by atoms with Crippen molar-refractivity contribution in [3.63, 3.8) is 0 Å². The first-order valence-electron chi connectivity index (χ1n) is 8.43. The summed E-state index contributed by atoms with van der Waals surface area (Å²) in [5, 5.41) is 0. The molecule has 4 heteroatoms. The van der Waals surface area contributed by atoms with E-state index in [4.69, 9.17) is 4.74 Å². The maximum Gasteiger partial charge on any atom is 0.225 e. The molecule has 0 aromatic carbocycles. The Balaban J connectivity index is 1.33. The van der Waals surface area contributed by atoms with Crippen LogP contribution in [0.2, 0.25) is 0 Å². The second kappa shape index (κ2) is 4.99. The fraction of sp³-hybridized carbons (Fsp3) is 0.938. The van der Waals surface area contributed by atoms with E-state index in [1.165, 1.54) is 32.4 Å². The Bertz CT molecular complexity index is 380. The van der Waals surface area contributed by atoms with Crippen LogP contribution in [0.4, 0.5) is 0 Å². The molecule has 1 unspecified atom stereocenters. The van der Waals surface area contributed by atoms with Crippen molar-refractivity contribution >= 4 is 5.91 Å². The quantitative estimate of drug-likeness (QED) is 0.770. The van der Waals surface area contributed by atoms with Crippen LogP contribution in [0.25, 0.3) is 0 Å². The Hall–Kier alpha value is -0.610. The zero-order valence-corrected chi connectivity index (χ0v) is 12.4. The summed E-state index contributed by atoms with van der Waals surface area (Å²) < 4.78 is 6.23. The molecule has 1 spiro atoms. The van der Waals surface area contributed by atoms with Gasteiger partial charge in [0.2, 0.25) is 5.91 Å². The fourth-order valence-corrected chi connectivity index (χ4v) is 4.23. The van der Waals surface area contributed by atoms with E-state index >= 15 is 0 Å². The average Bonchev–Trinajstić information content (AvgIpc) is 3.02. The van der Waals surface area contributed by atoms with Gasteiger partial charge in [-0.05, 0) is 58.0 Å². The summed E-state index contributed by atoms with van der Waals surface area (Å²) in [5.74, 6) is 0.778. The van der Waals surface area contributed by atoms with E-state index in [9.17, 15) is 4.79 Å². The van der Waals surface area contributed by atoms with Crippen LogP contribution in [-0.4, -0.2) is 60.1 Å². The molecule has 1 aliphatic carbocycles. The van der Waals surface area contributed by atoms with E-state index < -0.39 is 0 Å². The second-order valence-electron chi connectivity index (χ2n) is 7.19. The highest BCUT2D eigenvalue weighted by molar-refractivity contribution is 5.81. The maximum atomic E-state index is 12.1. The summed E-state index contributed by atoms with van der Waals surface area (Å²) in [6, 6.07) is 0.642. The Labute approximate surface area is 121 Å². The Morgan fingerprint density at radius 3 is 2.40 bits per heavy atom. The molecular formula is C16H26N2O2. The van der Waals surface area contributed by atoms with Crippen molar-refractivity contribution in [3.05, 3.63) is 0 Å². The SMILES string of the molecule is O=C(C1CC1)N1CCC2(CC1)CC(N1CCCC1)CO2. The summed E-state index contributed by atoms with van der Waals surface area (Å²) in [6.07, 6.45) is 8.24. The van der Waals surface area contributed by atoms with E-state index in [0.717, 1.165) is 45.4 Å². The number of hydrogen-bond acceptors (Lipinski definition) is 3. The zero-order chi connectivity index (χ0) is 13.6. The second-order valence-corrected chi connectivity index (χ2v) is 7.19. The number of hydrogen-bond donors (Lipinski definition) is 0. The van der Waals surface area contributed by atoms with E-state index in [0.29, 0.717) is 17.9 Å². The minimum atomic E-state index is 0.0909. The minimum absolute atomic E-state index is 0.0909. The molecule has 3 aliphatic heterocycles. The smallest absolute Gasteiger partial charge is 0.225 e. The van der Waals surface area contributed by atoms with Crippen LogP contribution in [0.15, 0.2) is 0 Å². The van der Waals surface area contributed by atoms with Gasteiger partial charge in [-0.25, -0.2) is 0 Å². The Kier molecular flexibility index (Phi) is 3.26. The molecule has 3 heterocycles. The molecule has 1 saturated carbocycles. The summed E-state index contributed by atoms with van der Waals surface area (Å²) in [4.78, 5) is 16.8. The van der Waals surface area contributed by atoms with Crippen LogP contribution in [0.5, 0.6) is 0 Å². The highest BCUT2D eigenvalue weighted by Gasteiger charge is 2.46. The molecule has 4 nitrogen and oxygen atoms in total. The van der Waals surface area contributed by atoms with Gasteiger partial charge in [-0.1, -0.05) is 0 Å². The lowest BCUT2D eigenvalue weighted by Gasteiger charge is -2.39. The minimum Gasteiger partial charge on any atom is -0.373 e. The maximum absolute atomic E-state index is 12.1. The molecule has 4 fully saturated rings. The number of likely N-dealkylation sites (tertiary alicyclic amines) is 2. The lowest BCUT2D eigenvalue weighted by molar-refractivity contribution is -0.137. The number of nitrogens with zero attached hydrogens (tertiary/aromatic N) is 2. The fourth-order valence-electron chi connectivity index (χ4n) is 4.23. The molecule has 112 valence electrons. The first kappa shape index (κ1) is 13.1. The van der Waals surface area contributed by atoms with Crippen LogP contribution in [-0.2, 0) is 9.53 Å². The van der Waals surface area contributed by atoms with Gasteiger partial charge >= 0.3 is 0 Å². The molecule has 0 bridgehead atoms. The van der Waals surface area contributed by atoms with Crippen molar-refractivity contribution in [1.82, 2.24) is 9.80 Å². The third-order valence-electron chi connectivity index (χ3n) is 5.76. The topological polar surface area (TPSA) is 32.8 Å². The third-order valence-corrected chi connectivity index (χ3v) is 5.76. The normalized spacial score (nSPS) is 34.0.